The van der Waals surface area contributed by atoms with Crippen LogP contribution in [-0.4, -0.2) is 22.6 Å². The van der Waals surface area contributed by atoms with Crippen LogP contribution >= 0.6 is 22.9 Å². The summed E-state index contributed by atoms with van der Waals surface area (Å²) in [6.45, 7) is 1.58. The van der Waals surface area contributed by atoms with E-state index >= 15 is 0 Å². The fourth-order valence-corrected chi connectivity index (χ4v) is 4.47. The molecule has 1 N–H and O–H groups in total. The maximum atomic E-state index is 13.0. The zero-order valence-electron chi connectivity index (χ0n) is 16.3. The molecule has 0 aliphatic carbocycles. The lowest BCUT2D eigenvalue weighted by Gasteiger charge is -2.11. The highest BCUT2D eigenvalue weighted by Crippen LogP contribution is 2.31. The summed E-state index contributed by atoms with van der Waals surface area (Å²) in [5.74, 6) is 0.654. The van der Waals surface area contributed by atoms with Crippen LogP contribution in [0.2, 0.25) is 5.02 Å². The molecule has 0 fully saturated rings. The fourth-order valence-electron chi connectivity index (χ4n) is 3.14. The molecular weight excluding hydrogens is 422 g/mol. The number of halogens is 1. The van der Waals surface area contributed by atoms with E-state index in [2.05, 4.69) is 10.3 Å². The molecule has 2 aromatic heterocycles. The summed E-state index contributed by atoms with van der Waals surface area (Å²) in [6.07, 6.45) is 0. The Labute approximate surface area is 181 Å². The molecule has 1 amide bonds. The standard InChI is InChI=1S/C22H18ClN3O3S/c1-13-24-21-16(11-19(30-21)14-6-4-3-5-7-14)22(28)26(13)12-20(27)25-15-8-9-18(29-2)17(23)10-15/h3-11H,12H2,1-2H3,(H,25,27). The van der Waals surface area contributed by atoms with E-state index in [1.807, 2.05) is 36.4 Å². The van der Waals surface area contributed by atoms with E-state index in [4.69, 9.17) is 16.3 Å². The molecule has 0 aliphatic rings. The lowest BCUT2D eigenvalue weighted by molar-refractivity contribution is -0.116. The number of amides is 1. The molecule has 4 aromatic rings. The number of ether oxygens (including phenoxy) is 1. The Kier molecular flexibility index (Phi) is 5.57. The summed E-state index contributed by atoms with van der Waals surface area (Å²) in [5, 5.41) is 3.64. The maximum absolute atomic E-state index is 13.0. The first-order chi connectivity index (χ1) is 14.5. The predicted molar refractivity (Wildman–Crippen MR) is 121 cm³/mol. The number of nitrogens with one attached hydrogen (secondary N) is 1. The molecule has 152 valence electrons. The first-order valence-electron chi connectivity index (χ1n) is 9.16. The Balaban J connectivity index is 1.61. The number of methoxy groups -OCH3 is 1. The van der Waals surface area contributed by atoms with Gasteiger partial charge in [-0.15, -0.1) is 11.3 Å². The van der Waals surface area contributed by atoms with Gasteiger partial charge in [0.05, 0.1) is 17.5 Å². The summed E-state index contributed by atoms with van der Waals surface area (Å²) < 4.78 is 6.49. The molecule has 0 saturated heterocycles. The van der Waals surface area contributed by atoms with Crippen molar-refractivity contribution in [1.29, 1.82) is 0 Å². The number of aryl methyl sites for hydroxylation is 1. The molecule has 8 heteroatoms. The minimum absolute atomic E-state index is 0.145. The van der Waals surface area contributed by atoms with Crippen molar-refractivity contribution in [2.45, 2.75) is 13.5 Å². The van der Waals surface area contributed by atoms with Crippen molar-refractivity contribution in [3.05, 3.63) is 75.8 Å². The second-order valence-corrected chi connectivity index (χ2v) is 8.08. The van der Waals surface area contributed by atoms with E-state index in [0.29, 0.717) is 32.5 Å². The third-order valence-electron chi connectivity index (χ3n) is 4.64. The maximum Gasteiger partial charge on any atom is 0.262 e. The number of hydrogen-bond acceptors (Lipinski definition) is 5. The Bertz CT molecular complexity index is 1300. The van der Waals surface area contributed by atoms with E-state index < -0.39 is 0 Å². The van der Waals surface area contributed by atoms with Gasteiger partial charge in [0, 0.05) is 10.6 Å². The average molecular weight is 440 g/mol. The third-order valence-corrected chi connectivity index (χ3v) is 6.01. The molecule has 0 radical (unpaired) electrons. The molecule has 0 aliphatic heterocycles. The van der Waals surface area contributed by atoms with Gasteiger partial charge in [-0.2, -0.15) is 0 Å². The van der Waals surface area contributed by atoms with Gasteiger partial charge in [-0.1, -0.05) is 41.9 Å². The molecule has 2 heterocycles. The first-order valence-corrected chi connectivity index (χ1v) is 10.4. The summed E-state index contributed by atoms with van der Waals surface area (Å²) in [5.41, 5.74) is 1.31. The zero-order valence-corrected chi connectivity index (χ0v) is 17.9. The first kappa shape index (κ1) is 20.1. The highest BCUT2D eigenvalue weighted by molar-refractivity contribution is 7.21. The number of anilines is 1. The SMILES string of the molecule is COc1ccc(NC(=O)Cn2c(C)nc3sc(-c4ccccc4)cc3c2=O)cc1Cl. The highest BCUT2D eigenvalue weighted by atomic mass is 35.5. The molecule has 0 spiro atoms. The van der Waals surface area contributed by atoms with Gasteiger partial charge in [-0.3, -0.25) is 14.2 Å². The van der Waals surface area contributed by atoms with Gasteiger partial charge >= 0.3 is 0 Å². The number of thiophene rings is 1. The van der Waals surface area contributed by atoms with E-state index in [0.717, 1.165) is 10.4 Å². The van der Waals surface area contributed by atoms with Crippen LogP contribution in [-0.2, 0) is 11.3 Å². The van der Waals surface area contributed by atoms with Crippen molar-refractivity contribution in [1.82, 2.24) is 9.55 Å². The van der Waals surface area contributed by atoms with Gasteiger partial charge in [-0.05, 0) is 36.8 Å². The number of hydrogen-bond donors (Lipinski definition) is 1. The molecule has 2 aromatic carbocycles. The van der Waals surface area contributed by atoms with Gasteiger partial charge < -0.3 is 10.1 Å². The zero-order chi connectivity index (χ0) is 21.3. The van der Waals surface area contributed by atoms with E-state index in [1.54, 1.807) is 25.1 Å². The van der Waals surface area contributed by atoms with Crippen LogP contribution in [0.1, 0.15) is 5.82 Å². The normalized spacial score (nSPS) is 10.9. The minimum atomic E-state index is -0.346. The second kappa shape index (κ2) is 8.30. The summed E-state index contributed by atoms with van der Waals surface area (Å²) in [6, 6.07) is 16.6. The van der Waals surface area contributed by atoms with Crippen LogP contribution < -0.4 is 15.6 Å². The molecule has 0 saturated carbocycles. The van der Waals surface area contributed by atoms with Crippen LogP contribution in [0.5, 0.6) is 5.75 Å². The lowest BCUT2D eigenvalue weighted by atomic mass is 10.2. The molecular formula is C22H18ClN3O3S. The summed E-state index contributed by atoms with van der Waals surface area (Å²) in [4.78, 5) is 31.7. The van der Waals surface area contributed by atoms with Crippen molar-refractivity contribution in [2.75, 3.05) is 12.4 Å². The topological polar surface area (TPSA) is 73.2 Å². The molecule has 30 heavy (non-hydrogen) atoms. The number of nitrogens with zero attached hydrogens (tertiary/aromatic N) is 2. The number of carbonyl (C=O) groups is 1. The predicted octanol–water partition coefficient (Wildman–Crippen LogP) is 4.73. The number of rotatable bonds is 5. The Morgan fingerprint density at radius 3 is 2.67 bits per heavy atom. The smallest absolute Gasteiger partial charge is 0.262 e. The monoisotopic (exact) mass is 439 g/mol. The number of carbonyl (C=O) groups excluding carboxylic acids is 1. The van der Waals surface area contributed by atoms with Crippen molar-refractivity contribution in [2.24, 2.45) is 0 Å². The van der Waals surface area contributed by atoms with Crippen molar-refractivity contribution < 1.29 is 9.53 Å². The molecule has 0 unspecified atom stereocenters. The summed E-state index contributed by atoms with van der Waals surface area (Å²) >= 11 is 7.56. The van der Waals surface area contributed by atoms with Crippen LogP contribution in [0.25, 0.3) is 20.7 Å². The molecule has 0 atom stereocenters. The van der Waals surface area contributed by atoms with E-state index in [9.17, 15) is 9.59 Å². The molecule has 0 bridgehead atoms. The fraction of sp³-hybridized carbons (Fsp3) is 0.136. The van der Waals surface area contributed by atoms with Gasteiger partial charge in [-0.25, -0.2) is 4.98 Å². The van der Waals surface area contributed by atoms with Crippen molar-refractivity contribution in [3.63, 3.8) is 0 Å². The highest BCUT2D eigenvalue weighted by Gasteiger charge is 2.15. The Hall–Kier alpha value is -3.16. The van der Waals surface area contributed by atoms with Crippen molar-refractivity contribution in [3.8, 4) is 16.2 Å². The third kappa shape index (κ3) is 3.94. The minimum Gasteiger partial charge on any atom is -0.495 e. The van der Waals surface area contributed by atoms with Gasteiger partial charge in [0.15, 0.2) is 0 Å². The lowest BCUT2D eigenvalue weighted by Crippen LogP contribution is -2.29. The van der Waals surface area contributed by atoms with E-state index in [1.165, 1.54) is 23.0 Å². The van der Waals surface area contributed by atoms with Crippen LogP contribution in [0.3, 0.4) is 0 Å². The van der Waals surface area contributed by atoms with Crippen molar-refractivity contribution >= 4 is 44.7 Å². The Morgan fingerprint density at radius 1 is 1.20 bits per heavy atom. The molecule has 6 nitrogen and oxygen atoms in total. The number of aromatic nitrogens is 2. The summed E-state index contributed by atoms with van der Waals surface area (Å²) in [7, 11) is 1.52. The number of fused-ring (bicyclic) bond motifs is 1. The van der Waals surface area contributed by atoms with Crippen LogP contribution in [0.15, 0.2) is 59.4 Å². The van der Waals surface area contributed by atoms with Gasteiger partial charge in [0.1, 0.15) is 22.9 Å². The average Bonchev–Trinajstić information content (AvgIpc) is 3.16. The Morgan fingerprint density at radius 2 is 1.97 bits per heavy atom. The molecule has 4 rings (SSSR count). The van der Waals surface area contributed by atoms with E-state index in [-0.39, 0.29) is 18.0 Å². The van der Waals surface area contributed by atoms with Crippen LogP contribution in [0, 0.1) is 6.92 Å². The largest absolute Gasteiger partial charge is 0.495 e. The number of benzene rings is 2. The quantitative estimate of drug-likeness (QED) is 0.487. The van der Waals surface area contributed by atoms with Gasteiger partial charge in [0.2, 0.25) is 5.91 Å². The van der Waals surface area contributed by atoms with Crippen LogP contribution in [0.4, 0.5) is 5.69 Å². The second-order valence-electron chi connectivity index (χ2n) is 6.64. The van der Waals surface area contributed by atoms with Gasteiger partial charge in [0.25, 0.3) is 5.56 Å².